The number of nitrogens with one attached hydrogen (secondary N) is 2. The summed E-state index contributed by atoms with van der Waals surface area (Å²) in [5.74, 6) is 4.74. The minimum absolute atomic E-state index is 0. The van der Waals surface area contributed by atoms with Crippen LogP contribution in [0.1, 0.15) is 44.3 Å². The van der Waals surface area contributed by atoms with Crippen molar-refractivity contribution in [3.63, 3.8) is 0 Å². The second-order valence-corrected chi connectivity index (χ2v) is 7.31. The normalized spacial score (nSPS) is 29.4. The van der Waals surface area contributed by atoms with Gasteiger partial charge in [-0.1, -0.05) is 6.42 Å². The van der Waals surface area contributed by atoms with Gasteiger partial charge in [0.25, 0.3) is 0 Å². The molecule has 0 aliphatic heterocycles. The van der Waals surface area contributed by atoms with E-state index in [9.17, 15) is 0 Å². The van der Waals surface area contributed by atoms with Crippen molar-refractivity contribution < 1.29 is 4.42 Å². The van der Waals surface area contributed by atoms with Crippen molar-refractivity contribution in [2.24, 2.45) is 22.7 Å². The molecule has 23 heavy (non-hydrogen) atoms. The molecular formula is C18H28IN3O. The predicted molar refractivity (Wildman–Crippen MR) is 103 cm³/mol. The average molecular weight is 429 g/mol. The summed E-state index contributed by atoms with van der Waals surface area (Å²) in [6, 6.07) is 4.63. The number of rotatable bonds is 6. The Hall–Kier alpha value is -0.720. The van der Waals surface area contributed by atoms with E-state index in [2.05, 4.69) is 10.6 Å². The van der Waals surface area contributed by atoms with E-state index in [1.165, 1.54) is 38.5 Å². The Morgan fingerprint density at radius 3 is 2.78 bits per heavy atom. The second kappa shape index (κ2) is 7.90. The number of nitrogens with zero attached hydrogens (tertiary/aromatic N) is 1. The molecule has 0 aromatic carbocycles. The van der Waals surface area contributed by atoms with E-state index >= 15 is 0 Å². The largest absolute Gasteiger partial charge is 0.469 e. The maximum absolute atomic E-state index is 5.40. The molecular weight excluding hydrogens is 401 g/mol. The Bertz CT molecular complexity index is 512. The number of hydrogen-bond donors (Lipinski definition) is 2. The Kier molecular flexibility index (Phi) is 5.88. The minimum Gasteiger partial charge on any atom is -0.469 e. The number of guanidine groups is 1. The molecule has 3 fully saturated rings. The molecule has 3 aliphatic carbocycles. The number of fused-ring (bicyclic) bond motifs is 2. The molecule has 3 atom stereocenters. The molecule has 1 aromatic heterocycles. The molecule has 0 spiro atoms. The Morgan fingerprint density at radius 2 is 2.13 bits per heavy atom. The van der Waals surface area contributed by atoms with Crippen LogP contribution in [0.4, 0.5) is 0 Å². The molecule has 128 valence electrons. The lowest BCUT2D eigenvalue weighted by molar-refractivity contribution is 0.387. The van der Waals surface area contributed by atoms with Gasteiger partial charge in [0.2, 0.25) is 0 Å². The highest BCUT2D eigenvalue weighted by Crippen LogP contribution is 2.44. The zero-order valence-electron chi connectivity index (χ0n) is 13.7. The molecule has 2 N–H and O–H groups in total. The standard InChI is InChI=1S/C18H27N3O.HI/c1-2-16(22-9-1)7-8-19-18(20-12-13-3-4-13)21-17-11-14-5-6-15(17)10-14;/h1-2,9,13-15,17H,3-8,10-12H2,(H2,19,20,21);1H. The number of aliphatic imine (C=N–C) groups is 1. The van der Waals surface area contributed by atoms with Crippen LogP contribution in [-0.4, -0.2) is 25.1 Å². The summed E-state index contributed by atoms with van der Waals surface area (Å²) in [5.41, 5.74) is 0. The molecule has 0 radical (unpaired) electrons. The van der Waals surface area contributed by atoms with Crippen LogP contribution in [0.5, 0.6) is 0 Å². The van der Waals surface area contributed by atoms with Crippen LogP contribution in [0.15, 0.2) is 27.8 Å². The topological polar surface area (TPSA) is 49.6 Å². The SMILES string of the molecule is I.c1coc(CCNC(=NCC2CC2)NC2CC3CCC2C3)c1. The monoisotopic (exact) mass is 429 g/mol. The fourth-order valence-electron chi connectivity index (χ4n) is 4.03. The van der Waals surface area contributed by atoms with Crippen molar-refractivity contribution in [3.05, 3.63) is 24.2 Å². The van der Waals surface area contributed by atoms with E-state index in [0.717, 1.165) is 49.0 Å². The van der Waals surface area contributed by atoms with Gasteiger partial charge in [0.15, 0.2) is 5.96 Å². The molecule has 0 amide bonds. The molecule has 1 aromatic rings. The molecule has 3 unspecified atom stereocenters. The number of furan rings is 1. The van der Waals surface area contributed by atoms with Crippen molar-refractivity contribution in [1.29, 1.82) is 0 Å². The fourth-order valence-corrected chi connectivity index (χ4v) is 4.03. The van der Waals surface area contributed by atoms with Crippen LogP contribution in [-0.2, 0) is 6.42 Å². The van der Waals surface area contributed by atoms with E-state index in [-0.39, 0.29) is 24.0 Å². The highest BCUT2D eigenvalue weighted by atomic mass is 127. The van der Waals surface area contributed by atoms with Gasteiger partial charge < -0.3 is 15.1 Å². The van der Waals surface area contributed by atoms with Crippen molar-refractivity contribution in [3.8, 4) is 0 Å². The first-order chi connectivity index (χ1) is 10.9. The molecule has 4 rings (SSSR count). The van der Waals surface area contributed by atoms with Crippen LogP contribution in [0.25, 0.3) is 0 Å². The van der Waals surface area contributed by atoms with Gasteiger partial charge in [0, 0.05) is 25.6 Å². The Labute approximate surface area is 155 Å². The smallest absolute Gasteiger partial charge is 0.191 e. The van der Waals surface area contributed by atoms with Gasteiger partial charge in [-0.2, -0.15) is 0 Å². The molecule has 3 aliphatic rings. The highest BCUT2D eigenvalue weighted by Gasteiger charge is 2.39. The van der Waals surface area contributed by atoms with E-state index in [4.69, 9.17) is 9.41 Å². The van der Waals surface area contributed by atoms with Crippen molar-refractivity contribution >= 4 is 29.9 Å². The molecule has 4 nitrogen and oxygen atoms in total. The predicted octanol–water partition coefficient (Wildman–Crippen LogP) is 3.57. The first kappa shape index (κ1) is 17.1. The third-order valence-corrected chi connectivity index (χ3v) is 5.51. The van der Waals surface area contributed by atoms with Crippen LogP contribution in [0, 0.1) is 17.8 Å². The summed E-state index contributed by atoms with van der Waals surface area (Å²) in [6.45, 7) is 1.86. The molecule has 5 heteroatoms. The van der Waals surface area contributed by atoms with Gasteiger partial charge in [0.1, 0.15) is 5.76 Å². The van der Waals surface area contributed by atoms with E-state index in [1.807, 2.05) is 12.1 Å². The quantitative estimate of drug-likeness (QED) is 0.413. The fraction of sp³-hybridized carbons (Fsp3) is 0.722. The summed E-state index contributed by atoms with van der Waals surface area (Å²) in [5, 5.41) is 7.23. The minimum atomic E-state index is 0. The van der Waals surface area contributed by atoms with E-state index in [0.29, 0.717) is 6.04 Å². The third kappa shape index (κ3) is 4.64. The lowest BCUT2D eigenvalue weighted by Gasteiger charge is -2.25. The lowest BCUT2D eigenvalue weighted by Crippen LogP contribution is -2.46. The third-order valence-electron chi connectivity index (χ3n) is 5.51. The van der Waals surface area contributed by atoms with E-state index < -0.39 is 0 Å². The van der Waals surface area contributed by atoms with Gasteiger partial charge in [-0.15, -0.1) is 24.0 Å². The van der Waals surface area contributed by atoms with Crippen LogP contribution >= 0.6 is 24.0 Å². The average Bonchev–Trinajstić information content (AvgIpc) is 2.93. The molecule has 3 saturated carbocycles. The number of hydrogen-bond acceptors (Lipinski definition) is 2. The zero-order valence-corrected chi connectivity index (χ0v) is 16.0. The van der Waals surface area contributed by atoms with Gasteiger partial charge in [0.05, 0.1) is 6.26 Å². The summed E-state index contributed by atoms with van der Waals surface area (Å²) < 4.78 is 5.40. The second-order valence-electron chi connectivity index (χ2n) is 7.31. The summed E-state index contributed by atoms with van der Waals surface area (Å²) in [4.78, 5) is 4.82. The molecule has 1 heterocycles. The maximum Gasteiger partial charge on any atom is 0.191 e. The van der Waals surface area contributed by atoms with Gasteiger partial charge in [-0.3, -0.25) is 4.99 Å². The highest BCUT2D eigenvalue weighted by molar-refractivity contribution is 14.0. The van der Waals surface area contributed by atoms with Crippen LogP contribution in [0.3, 0.4) is 0 Å². The molecule has 2 bridgehead atoms. The Balaban J connectivity index is 0.00000156. The Morgan fingerprint density at radius 1 is 1.22 bits per heavy atom. The lowest BCUT2D eigenvalue weighted by atomic mass is 9.95. The van der Waals surface area contributed by atoms with Crippen LogP contribution in [0.2, 0.25) is 0 Å². The maximum atomic E-state index is 5.40. The zero-order chi connectivity index (χ0) is 14.8. The molecule has 0 saturated heterocycles. The van der Waals surface area contributed by atoms with Crippen LogP contribution < -0.4 is 10.6 Å². The number of halogens is 1. The van der Waals surface area contributed by atoms with Crippen molar-refractivity contribution in [2.45, 2.75) is 51.0 Å². The summed E-state index contributed by atoms with van der Waals surface area (Å²) >= 11 is 0. The first-order valence-electron chi connectivity index (χ1n) is 8.94. The first-order valence-corrected chi connectivity index (χ1v) is 8.94. The van der Waals surface area contributed by atoms with Gasteiger partial charge in [-0.25, -0.2) is 0 Å². The van der Waals surface area contributed by atoms with E-state index in [1.54, 1.807) is 6.26 Å². The summed E-state index contributed by atoms with van der Waals surface area (Å²) in [7, 11) is 0. The summed E-state index contributed by atoms with van der Waals surface area (Å²) in [6.07, 6.45) is 11.0. The van der Waals surface area contributed by atoms with Gasteiger partial charge >= 0.3 is 0 Å². The van der Waals surface area contributed by atoms with Gasteiger partial charge in [-0.05, 0) is 62.0 Å². The van der Waals surface area contributed by atoms with Crippen molar-refractivity contribution in [2.75, 3.05) is 13.1 Å². The van der Waals surface area contributed by atoms with Crippen molar-refractivity contribution in [1.82, 2.24) is 10.6 Å².